The summed E-state index contributed by atoms with van der Waals surface area (Å²) in [7, 11) is -1.43. The van der Waals surface area contributed by atoms with Crippen molar-refractivity contribution in [3.63, 3.8) is 0 Å². The first-order valence-corrected chi connectivity index (χ1v) is 8.12. The molecule has 1 aromatic carbocycles. The molecule has 1 nitrogen and oxygen atoms in total. The van der Waals surface area contributed by atoms with Gasteiger partial charge >= 0.3 is 23.1 Å². The van der Waals surface area contributed by atoms with E-state index < -0.39 is 8.32 Å². The average molecular weight is 272 g/mol. The van der Waals surface area contributed by atoms with E-state index in [1.165, 1.54) is 0 Å². The van der Waals surface area contributed by atoms with Crippen molar-refractivity contribution in [3.8, 4) is 5.75 Å². The van der Waals surface area contributed by atoms with Crippen LogP contribution in [0.3, 0.4) is 0 Å². The van der Waals surface area contributed by atoms with E-state index in [9.17, 15) is 0 Å². The van der Waals surface area contributed by atoms with Crippen molar-refractivity contribution >= 4 is 47.3 Å². The molecule has 0 amide bonds. The van der Waals surface area contributed by atoms with Crippen LogP contribution in [0.2, 0.25) is 19.6 Å². The van der Waals surface area contributed by atoms with Gasteiger partial charge in [-0.3, -0.25) is 0 Å². The molecule has 0 aliphatic carbocycles. The summed E-state index contributed by atoms with van der Waals surface area (Å²) in [6, 6.07) is 7.97. The van der Waals surface area contributed by atoms with Crippen molar-refractivity contribution in [3.05, 3.63) is 28.7 Å². The number of benzene rings is 1. The monoisotopic (exact) mass is 270 g/mol. The maximum atomic E-state index is 5.77. The number of hydrogen-bond acceptors (Lipinski definition) is 1. The minimum absolute atomic E-state index is 0. The van der Waals surface area contributed by atoms with Gasteiger partial charge in [-0.25, -0.2) is 0 Å². The average Bonchev–Trinajstić information content (AvgIpc) is 1.91. The second-order valence-corrected chi connectivity index (χ2v) is 9.01. The SMILES string of the molecule is C[Si](C)(C)Oc1ccc(Br)cc1.[H-].[H-].[Mg+2]. The van der Waals surface area contributed by atoms with Crippen LogP contribution in [0.15, 0.2) is 28.7 Å². The van der Waals surface area contributed by atoms with Crippen molar-refractivity contribution in [1.29, 1.82) is 0 Å². The molecule has 0 atom stereocenters. The van der Waals surface area contributed by atoms with Gasteiger partial charge in [-0.05, 0) is 43.9 Å². The zero-order valence-electron chi connectivity index (χ0n) is 10.3. The molecule has 0 aliphatic rings. The fraction of sp³-hybridized carbons (Fsp3) is 0.333. The maximum Gasteiger partial charge on any atom is 2.00 e. The van der Waals surface area contributed by atoms with Crippen LogP contribution in [-0.2, 0) is 0 Å². The second-order valence-electron chi connectivity index (χ2n) is 3.67. The first-order valence-electron chi connectivity index (χ1n) is 3.92. The van der Waals surface area contributed by atoms with E-state index in [0.717, 1.165) is 10.2 Å². The summed E-state index contributed by atoms with van der Waals surface area (Å²) in [5, 5.41) is 0. The van der Waals surface area contributed by atoms with E-state index >= 15 is 0 Å². The first-order chi connectivity index (χ1) is 5.47. The van der Waals surface area contributed by atoms with E-state index in [1.807, 2.05) is 24.3 Å². The fourth-order valence-electron chi connectivity index (χ4n) is 0.856. The van der Waals surface area contributed by atoms with Gasteiger partial charge in [0.05, 0.1) is 0 Å². The molecule has 0 saturated carbocycles. The zero-order valence-corrected chi connectivity index (χ0v) is 12.3. The molecule has 0 spiro atoms. The Morgan fingerprint density at radius 3 is 2.00 bits per heavy atom. The Hall–Kier alpha value is 0.483. The molecule has 13 heavy (non-hydrogen) atoms. The largest absolute Gasteiger partial charge is 2.00 e. The molecule has 0 fully saturated rings. The quantitative estimate of drug-likeness (QED) is 0.748. The van der Waals surface area contributed by atoms with Crippen LogP contribution in [0.5, 0.6) is 5.75 Å². The first kappa shape index (κ1) is 13.5. The van der Waals surface area contributed by atoms with Gasteiger partial charge in [0.15, 0.2) is 0 Å². The molecule has 0 aliphatic heterocycles. The Bertz CT molecular complexity index is 264. The van der Waals surface area contributed by atoms with Gasteiger partial charge in [0.25, 0.3) is 0 Å². The zero-order chi connectivity index (χ0) is 9.19. The summed E-state index contributed by atoms with van der Waals surface area (Å²) in [6.45, 7) is 6.53. The predicted molar refractivity (Wildman–Crippen MR) is 66.1 cm³/mol. The Balaban J connectivity index is -0.000000480. The summed E-state index contributed by atoms with van der Waals surface area (Å²) in [6.07, 6.45) is 0. The van der Waals surface area contributed by atoms with E-state index in [1.54, 1.807) is 0 Å². The van der Waals surface area contributed by atoms with Crippen molar-refractivity contribution in [2.45, 2.75) is 19.6 Å². The summed E-state index contributed by atoms with van der Waals surface area (Å²) < 4.78 is 6.86. The second kappa shape index (κ2) is 5.39. The van der Waals surface area contributed by atoms with Gasteiger partial charge in [-0.2, -0.15) is 0 Å². The topological polar surface area (TPSA) is 9.23 Å². The molecule has 70 valence electrons. The van der Waals surface area contributed by atoms with Crippen LogP contribution in [0, 0.1) is 0 Å². The van der Waals surface area contributed by atoms with Crippen molar-refractivity contribution < 1.29 is 7.28 Å². The van der Waals surface area contributed by atoms with Crippen LogP contribution in [0.25, 0.3) is 0 Å². The summed E-state index contributed by atoms with van der Waals surface area (Å²) in [4.78, 5) is 0. The number of hydrogen-bond donors (Lipinski definition) is 0. The third-order valence-corrected chi connectivity index (χ3v) is 2.61. The molecular weight excluding hydrogens is 256 g/mol. The molecular formula is C9H15BrMgOSi. The number of rotatable bonds is 2. The van der Waals surface area contributed by atoms with Gasteiger partial charge in [-0.1, -0.05) is 15.9 Å². The van der Waals surface area contributed by atoms with Crippen molar-refractivity contribution in [2.24, 2.45) is 0 Å². The molecule has 0 N–H and O–H groups in total. The standard InChI is InChI=1S/C9H13BrOSi.Mg.2H/c1-12(2,3)11-9-6-4-8(10)5-7-9;;;/h4-7H,1-3H3;;;/q;+2;2*-1. The minimum atomic E-state index is -1.43. The van der Waals surface area contributed by atoms with Crippen LogP contribution < -0.4 is 4.43 Å². The molecule has 0 unspecified atom stereocenters. The Labute approximate surface area is 108 Å². The van der Waals surface area contributed by atoms with E-state index in [-0.39, 0.29) is 25.9 Å². The third-order valence-electron chi connectivity index (χ3n) is 1.24. The van der Waals surface area contributed by atoms with Gasteiger partial charge in [0.1, 0.15) is 5.75 Å². The minimum Gasteiger partial charge on any atom is -1.00 e. The fourth-order valence-corrected chi connectivity index (χ4v) is 1.96. The molecule has 0 bridgehead atoms. The van der Waals surface area contributed by atoms with Gasteiger partial charge in [0.2, 0.25) is 8.32 Å². The molecule has 1 rings (SSSR count). The van der Waals surface area contributed by atoms with E-state index in [2.05, 4.69) is 35.6 Å². The smallest absolute Gasteiger partial charge is 1.00 e. The molecule has 0 heterocycles. The van der Waals surface area contributed by atoms with E-state index in [4.69, 9.17) is 4.43 Å². The van der Waals surface area contributed by atoms with Crippen LogP contribution in [0.1, 0.15) is 2.85 Å². The van der Waals surface area contributed by atoms with Gasteiger partial charge < -0.3 is 7.28 Å². The van der Waals surface area contributed by atoms with Crippen LogP contribution in [0.4, 0.5) is 0 Å². The summed E-state index contributed by atoms with van der Waals surface area (Å²) in [5.74, 6) is 0.970. The maximum absolute atomic E-state index is 5.77. The van der Waals surface area contributed by atoms with Crippen molar-refractivity contribution in [2.75, 3.05) is 0 Å². The van der Waals surface area contributed by atoms with E-state index in [0.29, 0.717) is 0 Å². The molecule has 4 heteroatoms. The van der Waals surface area contributed by atoms with Crippen LogP contribution >= 0.6 is 15.9 Å². The summed E-state index contributed by atoms with van der Waals surface area (Å²) >= 11 is 3.38. The van der Waals surface area contributed by atoms with Gasteiger partial charge in [-0.15, -0.1) is 0 Å². The summed E-state index contributed by atoms with van der Waals surface area (Å²) in [5.41, 5.74) is 0. The molecule has 0 radical (unpaired) electrons. The van der Waals surface area contributed by atoms with Crippen LogP contribution in [-0.4, -0.2) is 31.4 Å². The Morgan fingerprint density at radius 1 is 1.15 bits per heavy atom. The Morgan fingerprint density at radius 2 is 1.62 bits per heavy atom. The van der Waals surface area contributed by atoms with Gasteiger partial charge in [0, 0.05) is 4.47 Å². The Kier molecular flexibility index (Phi) is 5.59. The number of halogens is 1. The normalized spacial score (nSPS) is 10.5. The van der Waals surface area contributed by atoms with Crippen molar-refractivity contribution in [1.82, 2.24) is 0 Å². The third kappa shape index (κ3) is 5.72. The molecule has 0 saturated heterocycles. The molecule has 1 aromatic rings. The predicted octanol–water partition coefficient (Wildman–Crippen LogP) is 3.51. The molecule has 0 aromatic heterocycles.